The summed E-state index contributed by atoms with van der Waals surface area (Å²) in [4.78, 5) is 16.9. The normalized spacial score (nSPS) is 14.6. The molecule has 0 bridgehead atoms. The molecule has 0 saturated heterocycles. The molecule has 0 amide bonds. The first-order chi connectivity index (χ1) is 15.0. The summed E-state index contributed by atoms with van der Waals surface area (Å²) in [6.45, 7) is 1.68. The Kier molecular flexibility index (Phi) is 5.72. The summed E-state index contributed by atoms with van der Waals surface area (Å²) in [7, 11) is -3.51. The van der Waals surface area contributed by atoms with Gasteiger partial charge in [0.15, 0.2) is 0 Å². The smallest absolute Gasteiger partial charge is 0.368 e. The number of hydrogen-bond acceptors (Lipinski definition) is 5. The second kappa shape index (κ2) is 8.21. The average Bonchev–Trinajstić information content (AvgIpc) is 3.51. The highest BCUT2D eigenvalue weighted by atomic mass is 32.2. The maximum absolute atomic E-state index is 13.4. The maximum Gasteiger partial charge on any atom is 0.416 e. The number of aromatic nitrogens is 2. The Hall–Kier alpha value is -2.92. The number of hydrogen-bond donors (Lipinski definition) is 2. The molecule has 0 atom stereocenters. The molecule has 1 fully saturated rings. The number of fused-ring (bicyclic) bond motifs is 1. The number of para-hydroxylation sites is 1. The van der Waals surface area contributed by atoms with E-state index >= 15 is 0 Å². The quantitative estimate of drug-likeness (QED) is 0.558. The van der Waals surface area contributed by atoms with Crippen LogP contribution in [0.1, 0.15) is 24.0 Å². The predicted molar refractivity (Wildman–Crippen MR) is 116 cm³/mol. The first kappa shape index (κ1) is 22.3. The summed E-state index contributed by atoms with van der Waals surface area (Å²) in [5, 5.41) is 3.08. The Morgan fingerprint density at radius 3 is 2.53 bits per heavy atom. The number of anilines is 1. The van der Waals surface area contributed by atoms with E-state index in [1.54, 1.807) is 31.2 Å². The summed E-state index contributed by atoms with van der Waals surface area (Å²) < 4.78 is 68.0. The van der Waals surface area contributed by atoms with Gasteiger partial charge in [0.25, 0.3) is 0 Å². The zero-order valence-electron chi connectivity index (χ0n) is 17.1. The van der Waals surface area contributed by atoms with Gasteiger partial charge in [-0.3, -0.25) is 4.57 Å². The minimum absolute atomic E-state index is 0.0237. The maximum atomic E-state index is 13.4. The third-order valence-electron chi connectivity index (χ3n) is 5.16. The first-order valence-corrected chi connectivity index (χ1v) is 11.6. The number of halogens is 3. The number of nitrogens with one attached hydrogen (secondary N) is 2. The number of nitrogens with zero attached hydrogens (tertiary/aromatic N) is 2. The van der Waals surface area contributed by atoms with Gasteiger partial charge in [0.05, 0.1) is 22.5 Å². The fourth-order valence-corrected chi connectivity index (χ4v) is 4.63. The minimum Gasteiger partial charge on any atom is -0.368 e. The van der Waals surface area contributed by atoms with Crippen molar-refractivity contribution >= 4 is 26.7 Å². The molecule has 1 heterocycles. The molecule has 4 rings (SSSR count). The van der Waals surface area contributed by atoms with Crippen LogP contribution in [0.3, 0.4) is 0 Å². The van der Waals surface area contributed by atoms with E-state index in [1.165, 1.54) is 6.07 Å². The van der Waals surface area contributed by atoms with Crippen molar-refractivity contribution in [1.82, 2.24) is 14.3 Å². The highest BCUT2D eigenvalue weighted by Crippen LogP contribution is 2.33. The van der Waals surface area contributed by atoms with Gasteiger partial charge in [-0.2, -0.15) is 18.2 Å². The van der Waals surface area contributed by atoms with Crippen LogP contribution in [0.5, 0.6) is 0 Å². The highest BCUT2D eigenvalue weighted by molar-refractivity contribution is 7.89. The van der Waals surface area contributed by atoms with Gasteiger partial charge in [-0.1, -0.05) is 18.2 Å². The molecular formula is C21H21F3N4O3S. The molecule has 0 unspecified atom stereocenters. The summed E-state index contributed by atoms with van der Waals surface area (Å²) in [5.41, 5.74) is -0.548. The topological polar surface area (TPSA) is 93.1 Å². The van der Waals surface area contributed by atoms with Gasteiger partial charge in [0, 0.05) is 18.0 Å². The fourth-order valence-electron chi connectivity index (χ4n) is 3.40. The number of aryl methyl sites for hydroxylation is 1. The highest BCUT2D eigenvalue weighted by Gasteiger charge is 2.31. The van der Waals surface area contributed by atoms with Crippen LogP contribution in [0, 0.1) is 6.92 Å². The second-order valence-electron chi connectivity index (χ2n) is 7.73. The van der Waals surface area contributed by atoms with E-state index in [0.29, 0.717) is 11.3 Å². The van der Waals surface area contributed by atoms with E-state index in [-0.39, 0.29) is 35.1 Å². The minimum atomic E-state index is -4.60. The van der Waals surface area contributed by atoms with Crippen molar-refractivity contribution in [3.8, 4) is 5.69 Å². The van der Waals surface area contributed by atoms with Crippen molar-refractivity contribution in [1.29, 1.82) is 0 Å². The second-order valence-corrected chi connectivity index (χ2v) is 9.61. The lowest BCUT2D eigenvalue weighted by Crippen LogP contribution is -2.31. The fraction of sp³-hybridized carbons (Fsp3) is 0.333. The van der Waals surface area contributed by atoms with Gasteiger partial charge in [0.1, 0.15) is 5.82 Å². The van der Waals surface area contributed by atoms with Gasteiger partial charge in [-0.15, -0.1) is 0 Å². The molecule has 0 radical (unpaired) electrons. The molecule has 11 heteroatoms. The van der Waals surface area contributed by atoms with Gasteiger partial charge < -0.3 is 5.32 Å². The molecule has 2 N–H and O–H groups in total. The average molecular weight is 466 g/mol. The molecular weight excluding hydrogens is 445 g/mol. The molecule has 32 heavy (non-hydrogen) atoms. The molecule has 2 aromatic carbocycles. The van der Waals surface area contributed by atoms with Crippen molar-refractivity contribution in [2.24, 2.45) is 0 Å². The molecule has 1 aliphatic rings. The number of alkyl halides is 3. The SMILES string of the molecule is Cc1ccccc1-n1c(=O)nc(NCCS(=O)(=O)NC2CC2)c2ccc(C(F)(F)F)cc21. The zero-order chi connectivity index (χ0) is 23.1. The van der Waals surface area contributed by atoms with E-state index in [1.807, 2.05) is 0 Å². The largest absolute Gasteiger partial charge is 0.416 e. The van der Waals surface area contributed by atoms with Crippen LogP contribution in [0.2, 0.25) is 0 Å². The monoisotopic (exact) mass is 466 g/mol. The van der Waals surface area contributed by atoms with Crippen molar-refractivity contribution in [3.05, 3.63) is 64.1 Å². The predicted octanol–water partition coefficient (Wildman–Crippen LogP) is 3.21. The molecule has 7 nitrogen and oxygen atoms in total. The van der Waals surface area contributed by atoms with E-state index in [9.17, 15) is 26.4 Å². The van der Waals surface area contributed by atoms with Gasteiger partial charge in [0.2, 0.25) is 10.0 Å². The van der Waals surface area contributed by atoms with Crippen LogP contribution in [0.15, 0.2) is 47.3 Å². The van der Waals surface area contributed by atoms with E-state index in [4.69, 9.17) is 0 Å². The van der Waals surface area contributed by atoms with Crippen molar-refractivity contribution in [2.45, 2.75) is 32.0 Å². The number of sulfonamides is 1. The van der Waals surface area contributed by atoms with Crippen LogP contribution >= 0.6 is 0 Å². The summed E-state index contributed by atoms with van der Waals surface area (Å²) in [5.74, 6) is -0.223. The van der Waals surface area contributed by atoms with Crippen LogP contribution in [0.25, 0.3) is 16.6 Å². The molecule has 1 aliphatic carbocycles. The molecule has 170 valence electrons. The Bertz CT molecular complexity index is 1330. The van der Waals surface area contributed by atoms with E-state index in [0.717, 1.165) is 29.5 Å². The molecule has 3 aromatic rings. The molecule has 0 spiro atoms. The number of rotatable bonds is 7. The Labute approximate surface area is 182 Å². The molecule has 0 aliphatic heterocycles. The Morgan fingerprint density at radius 2 is 1.88 bits per heavy atom. The third-order valence-corrected chi connectivity index (χ3v) is 6.60. The van der Waals surface area contributed by atoms with Gasteiger partial charge in [-0.05, 0) is 49.6 Å². The van der Waals surface area contributed by atoms with E-state index < -0.39 is 27.5 Å². The van der Waals surface area contributed by atoms with Gasteiger partial charge >= 0.3 is 11.9 Å². The lowest BCUT2D eigenvalue weighted by atomic mass is 10.1. The van der Waals surface area contributed by atoms with Crippen LogP contribution in [0.4, 0.5) is 19.0 Å². The lowest BCUT2D eigenvalue weighted by Gasteiger charge is -2.17. The van der Waals surface area contributed by atoms with Crippen molar-refractivity contribution in [3.63, 3.8) is 0 Å². The Morgan fingerprint density at radius 1 is 1.16 bits per heavy atom. The van der Waals surface area contributed by atoms with Crippen LogP contribution in [-0.4, -0.2) is 36.3 Å². The number of benzene rings is 2. The zero-order valence-corrected chi connectivity index (χ0v) is 17.9. The third kappa shape index (κ3) is 4.78. The van der Waals surface area contributed by atoms with Gasteiger partial charge in [-0.25, -0.2) is 17.9 Å². The first-order valence-electron chi connectivity index (χ1n) is 9.99. The summed E-state index contributed by atoms with van der Waals surface area (Å²) in [6.07, 6.45) is -2.99. The van der Waals surface area contributed by atoms with Crippen molar-refractivity contribution < 1.29 is 21.6 Å². The van der Waals surface area contributed by atoms with E-state index in [2.05, 4.69) is 15.0 Å². The summed E-state index contributed by atoms with van der Waals surface area (Å²) in [6, 6.07) is 9.82. The van der Waals surface area contributed by atoms with Crippen LogP contribution < -0.4 is 15.7 Å². The molecule has 1 aromatic heterocycles. The Balaban J connectivity index is 1.77. The summed E-state index contributed by atoms with van der Waals surface area (Å²) >= 11 is 0. The molecule has 1 saturated carbocycles. The van der Waals surface area contributed by atoms with Crippen LogP contribution in [-0.2, 0) is 16.2 Å². The lowest BCUT2D eigenvalue weighted by molar-refractivity contribution is -0.137. The standard InChI is InChI=1S/C21H21F3N4O3S/c1-13-4-2-3-5-17(13)28-18-12-14(21(22,23)24)6-9-16(18)19(26-20(28)29)25-10-11-32(30,31)27-15-7-8-15/h2-6,9,12,15,27H,7-8,10-11H2,1H3,(H,25,26,29). The van der Waals surface area contributed by atoms with Crippen molar-refractivity contribution in [2.75, 3.05) is 17.6 Å².